The molecule has 2 heterocycles. The highest BCUT2D eigenvalue weighted by atomic mass is 32.1. The Morgan fingerprint density at radius 2 is 0.953 bits per heavy atom. The van der Waals surface area contributed by atoms with Gasteiger partial charge in [-0.2, -0.15) is 4.37 Å². The minimum absolute atomic E-state index is 0.770. The maximum Gasteiger partial charge on any atom is 0.184 e. The molecule has 0 amide bonds. The Morgan fingerprint density at radius 1 is 0.465 bits per heavy atom. The number of benzene rings is 6. The van der Waals surface area contributed by atoms with Gasteiger partial charge in [-0.1, -0.05) is 127 Å². The van der Waals surface area contributed by atoms with Crippen LogP contribution in [0.1, 0.15) is 0 Å². The first-order chi connectivity index (χ1) is 21.3. The zero-order valence-corrected chi connectivity index (χ0v) is 25.2. The van der Waals surface area contributed by atoms with Crippen molar-refractivity contribution in [2.45, 2.75) is 0 Å². The number of nitrogens with zero attached hydrogens (tertiary/aromatic N) is 3. The zero-order chi connectivity index (χ0) is 28.6. The van der Waals surface area contributed by atoms with Gasteiger partial charge in [0.2, 0.25) is 0 Å². The van der Waals surface area contributed by atoms with Gasteiger partial charge in [0.05, 0.1) is 0 Å². The van der Waals surface area contributed by atoms with Gasteiger partial charge in [0.1, 0.15) is 5.01 Å². The third-order valence-corrected chi connectivity index (χ3v) is 14.0. The third kappa shape index (κ3) is 4.16. The smallest absolute Gasteiger partial charge is 0.184 e. The van der Waals surface area contributed by atoms with Crippen LogP contribution in [0.3, 0.4) is 0 Å². The van der Waals surface area contributed by atoms with Crippen LogP contribution in [0.15, 0.2) is 164 Å². The van der Waals surface area contributed by atoms with Crippen LogP contribution in [-0.4, -0.2) is 17.4 Å². The van der Waals surface area contributed by atoms with Crippen molar-refractivity contribution in [3.63, 3.8) is 0 Å². The van der Waals surface area contributed by atoms with Gasteiger partial charge in [0.25, 0.3) is 0 Å². The monoisotopic (exact) mass is 585 g/mol. The topological polar surface area (TPSA) is 29.0 Å². The predicted octanol–water partition coefficient (Wildman–Crippen LogP) is 7.03. The summed E-state index contributed by atoms with van der Waals surface area (Å²) in [6.45, 7) is 0. The van der Waals surface area contributed by atoms with E-state index in [-0.39, 0.29) is 0 Å². The van der Waals surface area contributed by atoms with E-state index in [2.05, 4.69) is 155 Å². The van der Waals surface area contributed by atoms with Crippen LogP contribution in [0, 0.1) is 0 Å². The molecule has 0 saturated carbocycles. The number of anilines is 3. The molecule has 0 unspecified atom stereocenters. The lowest BCUT2D eigenvalue weighted by molar-refractivity contribution is 1.29. The van der Waals surface area contributed by atoms with Crippen molar-refractivity contribution in [1.82, 2.24) is 9.36 Å². The summed E-state index contributed by atoms with van der Waals surface area (Å²) in [5, 5.41) is 6.49. The van der Waals surface area contributed by atoms with Crippen molar-refractivity contribution in [3.8, 4) is 22.0 Å². The van der Waals surface area contributed by atoms with E-state index in [9.17, 15) is 0 Å². The maximum atomic E-state index is 4.85. The molecule has 1 aliphatic heterocycles. The molecule has 0 N–H and O–H groups in total. The molecule has 43 heavy (non-hydrogen) atoms. The standard InChI is InChI=1S/C38H27N3SSi/c1-4-14-28(15-5-1)37-39-38(42-40-37)29-24-26-30(27-25-29)41-33-20-10-12-22-35(33)43(31-16-6-2-7-17-31,32-18-8-3-9-19-32)36-23-13-11-21-34(36)41/h1-27H. The SMILES string of the molecule is c1ccc(-c2nsc(-c3ccc(N4c5ccccc5[Si](c5ccccc5)(c5ccccc5)c5ccccc54)cc3)n2)cc1. The number of rotatable bonds is 5. The predicted molar refractivity (Wildman–Crippen MR) is 183 cm³/mol. The second-order valence-corrected chi connectivity index (χ2v) is 15.2. The van der Waals surface area contributed by atoms with Crippen LogP contribution in [0.4, 0.5) is 17.1 Å². The van der Waals surface area contributed by atoms with Crippen LogP contribution in [0.25, 0.3) is 22.0 Å². The van der Waals surface area contributed by atoms with E-state index in [0.29, 0.717) is 0 Å². The van der Waals surface area contributed by atoms with Gasteiger partial charge in [0, 0.05) is 28.2 Å². The summed E-state index contributed by atoms with van der Waals surface area (Å²) in [6, 6.07) is 59.2. The fourth-order valence-electron chi connectivity index (χ4n) is 6.49. The summed E-state index contributed by atoms with van der Waals surface area (Å²) >= 11 is 1.44. The molecule has 1 aliphatic rings. The highest BCUT2D eigenvalue weighted by molar-refractivity contribution is 7.21. The average Bonchev–Trinajstić information content (AvgIpc) is 3.59. The van der Waals surface area contributed by atoms with Crippen LogP contribution in [0.2, 0.25) is 0 Å². The normalized spacial score (nSPS) is 13.3. The Hall–Kier alpha value is -5.10. The molecule has 0 fully saturated rings. The highest BCUT2D eigenvalue weighted by Crippen LogP contribution is 2.39. The molecule has 5 heteroatoms. The fourth-order valence-corrected chi connectivity index (χ4v) is 12.3. The van der Waals surface area contributed by atoms with E-state index in [0.717, 1.165) is 27.6 Å². The fraction of sp³-hybridized carbons (Fsp3) is 0. The van der Waals surface area contributed by atoms with E-state index < -0.39 is 8.07 Å². The lowest BCUT2D eigenvalue weighted by atomic mass is 10.1. The molecule has 0 saturated heterocycles. The molecule has 7 aromatic rings. The molecule has 6 aromatic carbocycles. The summed E-state index contributed by atoms with van der Waals surface area (Å²) in [5.41, 5.74) is 5.69. The van der Waals surface area contributed by atoms with E-state index in [1.54, 1.807) is 0 Å². The van der Waals surface area contributed by atoms with E-state index >= 15 is 0 Å². The minimum Gasteiger partial charge on any atom is -0.311 e. The van der Waals surface area contributed by atoms with Crippen molar-refractivity contribution < 1.29 is 0 Å². The van der Waals surface area contributed by atoms with E-state index in [1.165, 1.54) is 43.7 Å². The molecule has 0 bridgehead atoms. The van der Waals surface area contributed by atoms with Crippen molar-refractivity contribution in [1.29, 1.82) is 0 Å². The summed E-state index contributed by atoms with van der Waals surface area (Å²) in [5.74, 6) is 0.770. The molecule has 1 aromatic heterocycles. The highest BCUT2D eigenvalue weighted by Gasteiger charge is 2.48. The van der Waals surface area contributed by atoms with Crippen LogP contribution in [0.5, 0.6) is 0 Å². The van der Waals surface area contributed by atoms with Gasteiger partial charge < -0.3 is 4.90 Å². The molecule has 0 atom stereocenters. The van der Waals surface area contributed by atoms with Crippen molar-refractivity contribution in [2.75, 3.05) is 4.90 Å². The number of hydrogen-bond acceptors (Lipinski definition) is 4. The minimum atomic E-state index is -2.60. The van der Waals surface area contributed by atoms with Crippen LogP contribution >= 0.6 is 11.5 Å². The average molecular weight is 586 g/mol. The first-order valence-electron chi connectivity index (χ1n) is 14.4. The van der Waals surface area contributed by atoms with Gasteiger partial charge in [-0.25, -0.2) is 4.98 Å². The lowest BCUT2D eigenvalue weighted by Gasteiger charge is -2.45. The van der Waals surface area contributed by atoms with Gasteiger partial charge in [-0.15, -0.1) is 0 Å². The third-order valence-electron chi connectivity index (χ3n) is 8.34. The molecule has 0 spiro atoms. The zero-order valence-electron chi connectivity index (χ0n) is 23.3. The number of fused-ring (bicyclic) bond motifs is 2. The lowest BCUT2D eigenvalue weighted by Crippen LogP contribution is -2.77. The summed E-state index contributed by atoms with van der Waals surface area (Å²) < 4.78 is 4.63. The number of hydrogen-bond donors (Lipinski definition) is 0. The Morgan fingerprint density at radius 3 is 1.51 bits per heavy atom. The Kier molecular flexibility index (Phi) is 6.32. The van der Waals surface area contributed by atoms with Gasteiger partial charge in [-0.05, 0) is 68.7 Å². The number of para-hydroxylation sites is 2. The van der Waals surface area contributed by atoms with Gasteiger partial charge >= 0.3 is 0 Å². The van der Waals surface area contributed by atoms with Crippen molar-refractivity contribution in [3.05, 3.63) is 164 Å². The Bertz CT molecular complexity index is 1930. The van der Waals surface area contributed by atoms with E-state index in [4.69, 9.17) is 4.98 Å². The molecule has 3 nitrogen and oxygen atoms in total. The molecule has 204 valence electrons. The van der Waals surface area contributed by atoms with Crippen LogP contribution in [-0.2, 0) is 0 Å². The molecule has 8 rings (SSSR count). The summed E-state index contributed by atoms with van der Waals surface area (Å²) in [6.07, 6.45) is 0. The van der Waals surface area contributed by atoms with E-state index in [1.807, 2.05) is 18.2 Å². The first-order valence-corrected chi connectivity index (χ1v) is 17.2. The maximum absolute atomic E-state index is 4.85. The summed E-state index contributed by atoms with van der Waals surface area (Å²) in [4.78, 5) is 7.28. The molecule has 0 aliphatic carbocycles. The van der Waals surface area contributed by atoms with Crippen molar-refractivity contribution in [2.24, 2.45) is 0 Å². The molecular weight excluding hydrogens is 559 g/mol. The van der Waals surface area contributed by atoms with Crippen LogP contribution < -0.4 is 25.6 Å². The quantitative estimate of drug-likeness (QED) is 0.203. The molecule has 0 radical (unpaired) electrons. The largest absolute Gasteiger partial charge is 0.311 e. The summed E-state index contributed by atoms with van der Waals surface area (Å²) in [7, 11) is -2.60. The van der Waals surface area contributed by atoms with Gasteiger partial charge in [-0.3, -0.25) is 0 Å². The Balaban J connectivity index is 1.29. The second kappa shape index (κ2) is 10.6. The van der Waals surface area contributed by atoms with Gasteiger partial charge in [0.15, 0.2) is 13.9 Å². The second-order valence-electron chi connectivity index (χ2n) is 10.7. The first kappa shape index (κ1) is 25.6. The van der Waals surface area contributed by atoms with Crippen molar-refractivity contribution >= 4 is 57.4 Å². The number of aromatic nitrogens is 2. The molecular formula is C38H27N3SSi. The Labute approximate surface area is 256 Å².